The van der Waals surface area contributed by atoms with Crippen molar-refractivity contribution in [1.29, 1.82) is 0 Å². The molecule has 2 aliphatic rings. The second kappa shape index (κ2) is 7.54. The number of halogens is 1. The molecule has 2 fully saturated rings. The Bertz CT molecular complexity index is 776. The molecule has 7 nitrogen and oxygen atoms in total. The average molecular weight is 378 g/mol. The van der Waals surface area contributed by atoms with Gasteiger partial charge in [-0.2, -0.15) is 5.06 Å². The van der Waals surface area contributed by atoms with E-state index in [2.05, 4.69) is 11.8 Å². The summed E-state index contributed by atoms with van der Waals surface area (Å²) in [5.74, 6) is 4.48. The van der Waals surface area contributed by atoms with Crippen molar-refractivity contribution < 1.29 is 19.2 Å². The molecule has 138 valence electrons. The molecule has 8 heteroatoms. The minimum absolute atomic E-state index is 0.297. The lowest BCUT2D eigenvalue weighted by molar-refractivity contribution is -0.145. The molecule has 0 spiro atoms. The van der Waals surface area contributed by atoms with E-state index in [0.29, 0.717) is 48.1 Å². The predicted molar refractivity (Wildman–Crippen MR) is 95.3 cm³/mol. The molecule has 0 radical (unpaired) electrons. The molecule has 2 heterocycles. The van der Waals surface area contributed by atoms with E-state index in [1.54, 1.807) is 31.2 Å². The van der Waals surface area contributed by atoms with Gasteiger partial charge in [-0.1, -0.05) is 17.5 Å². The van der Waals surface area contributed by atoms with E-state index in [1.165, 1.54) is 17.1 Å². The van der Waals surface area contributed by atoms with Crippen LogP contribution in [0.15, 0.2) is 12.1 Å². The van der Waals surface area contributed by atoms with Gasteiger partial charge in [-0.25, -0.2) is 10.0 Å². The van der Waals surface area contributed by atoms with Crippen LogP contribution < -0.4 is 4.74 Å². The van der Waals surface area contributed by atoms with E-state index in [4.69, 9.17) is 21.2 Å². The Balaban J connectivity index is 1.99. The number of benzene rings is 1. The van der Waals surface area contributed by atoms with Crippen LogP contribution in [-0.4, -0.2) is 67.3 Å². The Labute approximate surface area is 157 Å². The lowest BCUT2D eigenvalue weighted by atomic mass is 9.95. The number of methoxy groups -OCH3 is 1. The van der Waals surface area contributed by atoms with Gasteiger partial charge in [-0.15, -0.1) is 5.92 Å². The van der Waals surface area contributed by atoms with Crippen LogP contribution >= 0.6 is 11.6 Å². The molecule has 2 saturated heterocycles. The number of carbonyl (C=O) groups excluding carboxylic acids is 2. The third-order valence-electron chi connectivity index (χ3n) is 4.54. The number of hydrogen-bond donors (Lipinski definition) is 0. The molecule has 1 aromatic carbocycles. The normalized spacial score (nSPS) is 18.5. The fourth-order valence-corrected chi connectivity index (χ4v) is 3.64. The van der Waals surface area contributed by atoms with E-state index in [0.717, 1.165) is 0 Å². The Morgan fingerprint density at radius 3 is 2.19 bits per heavy atom. The van der Waals surface area contributed by atoms with Crippen LogP contribution in [0, 0.1) is 11.8 Å². The molecule has 1 aromatic rings. The fourth-order valence-electron chi connectivity index (χ4n) is 3.32. The maximum absolute atomic E-state index is 13.0. The number of carbonyl (C=O) groups is 2. The van der Waals surface area contributed by atoms with Crippen LogP contribution in [0.1, 0.15) is 24.0 Å². The molecule has 0 atom stereocenters. The molecule has 0 bridgehead atoms. The predicted octanol–water partition coefficient (Wildman–Crippen LogP) is 1.27. The molecule has 3 rings (SSSR count). The summed E-state index contributed by atoms with van der Waals surface area (Å²) in [5.41, 5.74) is 1.06. The molecule has 2 aliphatic heterocycles. The first kappa shape index (κ1) is 18.5. The minimum atomic E-state index is -1.00. The number of hydrogen-bond acceptors (Lipinski definition) is 5. The molecular formula is C18H20ClN3O4. The quantitative estimate of drug-likeness (QED) is 0.586. The smallest absolute Gasteiger partial charge is 0.258 e. The topological polar surface area (TPSA) is 62.3 Å². The average Bonchev–Trinajstić information content (AvgIpc) is 2.79. The zero-order chi connectivity index (χ0) is 18.8. The van der Waals surface area contributed by atoms with E-state index in [1.807, 2.05) is 0 Å². The van der Waals surface area contributed by atoms with Gasteiger partial charge in [0.2, 0.25) is 0 Å². The first-order valence-electron chi connectivity index (χ1n) is 8.23. The zero-order valence-electron chi connectivity index (χ0n) is 14.9. The Morgan fingerprint density at radius 2 is 1.69 bits per heavy atom. The highest BCUT2D eigenvalue weighted by Gasteiger charge is 2.49. The molecular weight excluding hydrogens is 358 g/mol. The third kappa shape index (κ3) is 3.12. The summed E-state index contributed by atoms with van der Waals surface area (Å²) >= 11 is 6.42. The van der Waals surface area contributed by atoms with Crippen LogP contribution in [0.5, 0.6) is 5.75 Å². The first-order chi connectivity index (χ1) is 12.5. The summed E-state index contributed by atoms with van der Waals surface area (Å²) in [4.78, 5) is 31.2. The van der Waals surface area contributed by atoms with Crippen LogP contribution in [0.3, 0.4) is 0 Å². The van der Waals surface area contributed by atoms with Crippen molar-refractivity contribution in [3.63, 3.8) is 0 Å². The van der Waals surface area contributed by atoms with Crippen molar-refractivity contribution in [3.8, 4) is 17.6 Å². The molecule has 0 aromatic heterocycles. The molecule has 26 heavy (non-hydrogen) atoms. The second-order valence-corrected chi connectivity index (χ2v) is 6.32. The van der Waals surface area contributed by atoms with Gasteiger partial charge in [0.05, 0.1) is 32.3 Å². The summed E-state index contributed by atoms with van der Waals surface area (Å²) < 4.78 is 5.41. The van der Waals surface area contributed by atoms with Crippen molar-refractivity contribution in [3.05, 3.63) is 28.3 Å². The van der Waals surface area contributed by atoms with Crippen molar-refractivity contribution in [1.82, 2.24) is 15.1 Å². The zero-order valence-corrected chi connectivity index (χ0v) is 15.7. The van der Waals surface area contributed by atoms with Gasteiger partial charge in [-0.05, 0) is 19.1 Å². The Kier molecular flexibility index (Phi) is 5.37. The summed E-state index contributed by atoms with van der Waals surface area (Å²) in [6.45, 7) is 3.50. The van der Waals surface area contributed by atoms with Gasteiger partial charge in [0.15, 0.2) is 5.92 Å². The molecule has 0 N–H and O–H groups in total. The second-order valence-electron chi connectivity index (χ2n) is 5.92. The van der Waals surface area contributed by atoms with Crippen LogP contribution in [0.2, 0.25) is 5.02 Å². The van der Waals surface area contributed by atoms with Gasteiger partial charge in [-0.3, -0.25) is 9.59 Å². The maximum Gasteiger partial charge on any atom is 0.258 e. The molecule has 0 saturated carbocycles. The number of fused-ring (bicyclic) bond motifs is 1. The van der Waals surface area contributed by atoms with Crippen LogP contribution in [-0.2, 0) is 14.4 Å². The highest BCUT2D eigenvalue weighted by molar-refractivity contribution is 6.32. The summed E-state index contributed by atoms with van der Waals surface area (Å²) in [6, 6.07) is 3.35. The standard InChI is InChI=1S/C18H20ClN3O4/c1-4-5-12-10-13(19)15(14(11-12)25-2)16-17(23)21-8-6-20(26-3)7-9-22(21)18(16)24/h10-11,16H,6-9H2,1-3H3. The van der Waals surface area contributed by atoms with E-state index in [-0.39, 0.29) is 11.8 Å². The third-order valence-corrected chi connectivity index (χ3v) is 4.86. The molecule has 0 unspecified atom stereocenters. The monoisotopic (exact) mass is 377 g/mol. The van der Waals surface area contributed by atoms with Crippen LogP contribution in [0.25, 0.3) is 0 Å². The van der Waals surface area contributed by atoms with Crippen molar-refractivity contribution >= 4 is 23.4 Å². The summed E-state index contributed by atoms with van der Waals surface area (Å²) in [5, 5.41) is 4.97. The number of rotatable bonds is 3. The maximum atomic E-state index is 13.0. The highest BCUT2D eigenvalue weighted by atomic mass is 35.5. The first-order valence-corrected chi connectivity index (χ1v) is 8.61. The van der Waals surface area contributed by atoms with Gasteiger partial charge in [0, 0.05) is 24.2 Å². The number of hydrazine groups is 1. The van der Waals surface area contributed by atoms with Gasteiger partial charge < -0.3 is 9.57 Å². The largest absolute Gasteiger partial charge is 0.496 e. The van der Waals surface area contributed by atoms with Crippen LogP contribution in [0.4, 0.5) is 0 Å². The van der Waals surface area contributed by atoms with Crippen molar-refractivity contribution in [2.75, 3.05) is 40.4 Å². The number of ether oxygens (including phenoxy) is 1. The molecule has 2 amide bonds. The fraction of sp³-hybridized carbons (Fsp3) is 0.444. The molecule has 0 aliphatic carbocycles. The van der Waals surface area contributed by atoms with E-state index in [9.17, 15) is 9.59 Å². The van der Waals surface area contributed by atoms with E-state index < -0.39 is 5.92 Å². The lowest BCUT2D eigenvalue weighted by Crippen LogP contribution is -2.41. The highest BCUT2D eigenvalue weighted by Crippen LogP contribution is 2.40. The van der Waals surface area contributed by atoms with Gasteiger partial charge in [0.25, 0.3) is 11.8 Å². The Hall–Kier alpha value is -2.27. The van der Waals surface area contributed by atoms with E-state index >= 15 is 0 Å². The van der Waals surface area contributed by atoms with Crippen molar-refractivity contribution in [2.45, 2.75) is 12.8 Å². The number of amides is 2. The lowest BCUT2D eigenvalue weighted by Gasteiger charge is -2.23. The SMILES string of the molecule is CC#Cc1cc(Cl)c(C2C(=O)N3CCN(OC)CCN3C2=O)c(OC)c1. The minimum Gasteiger partial charge on any atom is -0.496 e. The number of nitrogens with zero attached hydrogens (tertiary/aromatic N) is 3. The summed E-state index contributed by atoms with van der Waals surface area (Å²) in [7, 11) is 3.06. The van der Waals surface area contributed by atoms with Crippen molar-refractivity contribution in [2.24, 2.45) is 0 Å². The summed E-state index contributed by atoms with van der Waals surface area (Å²) in [6.07, 6.45) is 0. The van der Waals surface area contributed by atoms with Gasteiger partial charge >= 0.3 is 0 Å². The number of hydroxylamine groups is 2. The Morgan fingerprint density at radius 1 is 1.08 bits per heavy atom. The van der Waals surface area contributed by atoms with Gasteiger partial charge in [0.1, 0.15) is 5.75 Å².